The van der Waals surface area contributed by atoms with Crippen molar-refractivity contribution in [1.29, 1.82) is 0 Å². The van der Waals surface area contributed by atoms with E-state index in [-0.39, 0.29) is 17.2 Å². The first-order valence-electron chi connectivity index (χ1n) is 9.67. The Balaban J connectivity index is 1.18. The molecule has 3 aliphatic rings. The molecule has 4 nitrogen and oxygen atoms in total. The zero-order valence-corrected chi connectivity index (χ0v) is 14.6. The van der Waals surface area contributed by atoms with Gasteiger partial charge >= 0.3 is 0 Å². The maximum atomic E-state index is 12.6. The molecule has 2 unspecified atom stereocenters. The van der Waals surface area contributed by atoms with Crippen molar-refractivity contribution in [2.24, 2.45) is 5.92 Å². The minimum absolute atomic E-state index is 0.147. The molecular formula is C21H25N3O. The van der Waals surface area contributed by atoms with E-state index in [1.807, 2.05) is 0 Å². The molecule has 1 N–H and O–H groups in total. The summed E-state index contributed by atoms with van der Waals surface area (Å²) in [7, 11) is 0. The molecule has 1 aromatic carbocycles. The average Bonchev–Trinajstić information content (AvgIpc) is 3.03. The molecule has 25 heavy (non-hydrogen) atoms. The number of benzene rings is 1. The Labute approximate surface area is 148 Å². The lowest BCUT2D eigenvalue weighted by molar-refractivity contribution is -0.122. The second-order valence-electron chi connectivity index (χ2n) is 7.91. The van der Waals surface area contributed by atoms with E-state index in [0.29, 0.717) is 6.54 Å². The maximum Gasteiger partial charge on any atom is 0.224 e. The molecule has 2 atom stereocenters. The Hall–Kier alpha value is -2.10. The van der Waals surface area contributed by atoms with E-state index in [4.69, 9.17) is 4.98 Å². The predicted molar refractivity (Wildman–Crippen MR) is 96.4 cm³/mol. The van der Waals surface area contributed by atoms with Gasteiger partial charge in [0.05, 0.1) is 5.69 Å². The fraction of sp³-hybridized carbons (Fsp3) is 0.524. The van der Waals surface area contributed by atoms with E-state index in [9.17, 15) is 4.79 Å². The third-order valence-electron chi connectivity index (χ3n) is 6.42. The van der Waals surface area contributed by atoms with E-state index in [1.54, 1.807) is 0 Å². The van der Waals surface area contributed by atoms with E-state index in [0.717, 1.165) is 44.3 Å². The molecule has 1 aromatic heterocycles. The number of hydrogen-bond acceptors (Lipinski definition) is 2. The van der Waals surface area contributed by atoms with Crippen molar-refractivity contribution in [1.82, 2.24) is 14.9 Å². The van der Waals surface area contributed by atoms with Crippen LogP contribution in [0.15, 0.2) is 30.5 Å². The van der Waals surface area contributed by atoms with Crippen LogP contribution in [-0.2, 0) is 36.0 Å². The van der Waals surface area contributed by atoms with Crippen molar-refractivity contribution in [3.63, 3.8) is 0 Å². The number of nitrogens with one attached hydrogen (secondary N) is 1. The number of hydrogen-bond donors (Lipinski definition) is 1. The second kappa shape index (κ2) is 5.72. The van der Waals surface area contributed by atoms with Crippen molar-refractivity contribution >= 4 is 5.91 Å². The van der Waals surface area contributed by atoms with Gasteiger partial charge in [0.1, 0.15) is 5.82 Å². The molecule has 1 spiro atoms. The lowest BCUT2D eigenvalue weighted by atomic mass is 9.95. The number of aryl methyl sites for hydroxylation is 3. The lowest BCUT2D eigenvalue weighted by Crippen LogP contribution is -2.29. The number of rotatable bonds is 4. The highest BCUT2D eigenvalue weighted by Crippen LogP contribution is 2.61. The SMILES string of the molecule is O=C(NCCc1cn2c(n1)CCCC2)C1CC12CCc1ccccc12. The summed E-state index contributed by atoms with van der Waals surface area (Å²) in [6.07, 6.45) is 9.89. The molecule has 0 radical (unpaired) electrons. The summed E-state index contributed by atoms with van der Waals surface area (Å²) in [5, 5.41) is 3.17. The highest BCUT2D eigenvalue weighted by atomic mass is 16.2. The van der Waals surface area contributed by atoms with E-state index in [1.165, 1.54) is 29.8 Å². The van der Waals surface area contributed by atoms with Crippen LogP contribution in [0.1, 0.15) is 48.3 Å². The number of imidazole rings is 1. The fourth-order valence-electron chi connectivity index (χ4n) is 4.97. The van der Waals surface area contributed by atoms with Gasteiger partial charge in [-0.3, -0.25) is 4.79 Å². The summed E-state index contributed by atoms with van der Waals surface area (Å²) >= 11 is 0. The first kappa shape index (κ1) is 15.2. The van der Waals surface area contributed by atoms with Crippen molar-refractivity contribution < 1.29 is 4.79 Å². The Morgan fingerprint density at radius 2 is 2.20 bits per heavy atom. The first-order valence-corrected chi connectivity index (χ1v) is 9.67. The molecule has 5 rings (SSSR count). The highest BCUT2D eigenvalue weighted by molar-refractivity contribution is 5.85. The lowest BCUT2D eigenvalue weighted by Gasteiger charge is -2.11. The molecule has 130 valence electrons. The average molecular weight is 335 g/mol. The summed E-state index contributed by atoms with van der Waals surface area (Å²) in [6.45, 7) is 1.79. The maximum absolute atomic E-state index is 12.6. The number of nitrogens with zero attached hydrogens (tertiary/aromatic N) is 2. The molecule has 1 fully saturated rings. The van der Waals surface area contributed by atoms with Gasteiger partial charge in [-0.25, -0.2) is 4.98 Å². The summed E-state index contributed by atoms with van der Waals surface area (Å²) < 4.78 is 2.28. The number of carbonyl (C=O) groups excluding carboxylic acids is 1. The molecule has 4 heteroatoms. The van der Waals surface area contributed by atoms with Crippen LogP contribution >= 0.6 is 0 Å². The van der Waals surface area contributed by atoms with Gasteiger partial charge in [-0.15, -0.1) is 0 Å². The zero-order chi connectivity index (χ0) is 16.9. The van der Waals surface area contributed by atoms with Crippen LogP contribution in [0.4, 0.5) is 0 Å². The van der Waals surface area contributed by atoms with Crippen molar-refractivity contribution in [2.45, 2.75) is 56.9 Å². The van der Waals surface area contributed by atoms with Gasteiger partial charge in [-0.1, -0.05) is 24.3 Å². The Kier molecular flexibility index (Phi) is 3.47. The van der Waals surface area contributed by atoms with Crippen molar-refractivity contribution in [2.75, 3.05) is 6.54 Å². The van der Waals surface area contributed by atoms with Crippen LogP contribution in [0.3, 0.4) is 0 Å². The normalized spacial score (nSPS) is 26.3. The number of aromatic nitrogens is 2. The molecule has 0 saturated heterocycles. The number of carbonyl (C=O) groups is 1. The number of amides is 1. The predicted octanol–water partition coefficient (Wildman–Crippen LogP) is 2.78. The van der Waals surface area contributed by atoms with Crippen molar-refractivity contribution in [3.8, 4) is 0 Å². The molecule has 2 heterocycles. The largest absolute Gasteiger partial charge is 0.355 e. The Morgan fingerprint density at radius 1 is 1.28 bits per heavy atom. The van der Waals surface area contributed by atoms with E-state index < -0.39 is 0 Å². The van der Waals surface area contributed by atoms with Gasteiger partial charge in [0, 0.05) is 43.5 Å². The second-order valence-corrected chi connectivity index (χ2v) is 7.91. The third-order valence-corrected chi connectivity index (χ3v) is 6.42. The zero-order valence-electron chi connectivity index (χ0n) is 14.6. The van der Waals surface area contributed by atoms with Gasteiger partial charge in [0.2, 0.25) is 5.91 Å². The van der Waals surface area contributed by atoms with Gasteiger partial charge in [-0.05, 0) is 43.2 Å². The molecule has 1 aliphatic heterocycles. The van der Waals surface area contributed by atoms with Gasteiger partial charge in [0.25, 0.3) is 0 Å². The molecule has 2 aromatic rings. The van der Waals surface area contributed by atoms with Crippen LogP contribution in [-0.4, -0.2) is 22.0 Å². The smallest absolute Gasteiger partial charge is 0.224 e. The summed E-state index contributed by atoms with van der Waals surface area (Å²) in [6, 6.07) is 8.67. The monoisotopic (exact) mass is 335 g/mol. The standard InChI is InChI=1S/C21H25N3O/c25-20(18-13-21(18)10-8-15-5-1-2-6-17(15)21)22-11-9-16-14-24-12-4-3-7-19(24)23-16/h1-2,5-6,14,18H,3-4,7-13H2,(H,22,25). The molecular weight excluding hydrogens is 310 g/mol. The first-order chi connectivity index (χ1) is 12.3. The Morgan fingerprint density at radius 3 is 3.12 bits per heavy atom. The molecule has 1 saturated carbocycles. The van der Waals surface area contributed by atoms with Crippen LogP contribution < -0.4 is 5.32 Å². The molecule has 1 amide bonds. The van der Waals surface area contributed by atoms with Crippen LogP contribution in [0.2, 0.25) is 0 Å². The van der Waals surface area contributed by atoms with E-state index >= 15 is 0 Å². The third kappa shape index (κ3) is 2.50. The molecule has 2 aliphatic carbocycles. The Bertz CT molecular complexity index is 801. The minimum Gasteiger partial charge on any atom is -0.355 e. The number of fused-ring (bicyclic) bond motifs is 3. The van der Waals surface area contributed by atoms with Crippen LogP contribution in [0.5, 0.6) is 0 Å². The van der Waals surface area contributed by atoms with Gasteiger partial charge in [0.15, 0.2) is 0 Å². The van der Waals surface area contributed by atoms with E-state index in [2.05, 4.69) is 40.3 Å². The van der Waals surface area contributed by atoms with Crippen LogP contribution in [0.25, 0.3) is 0 Å². The van der Waals surface area contributed by atoms with Gasteiger partial charge in [-0.2, -0.15) is 0 Å². The topological polar surface area (TPSA) is 46.9 Å². The van der Waals surface area contributed by atoms with Gasteiger partial charge < -0.3 is 9.88 Å². The highest BCUT2D eigenvalue weighted by Gasteiger charge is 2.61. The fourth-order valence-corrected chi connectivity index (χ4v) is 4.97. The summed E-state index contributed by atoms with van der Waals surface area (Å²) in [4.78, 5) is 17.3. The minimum atomic E-state index is 0.147. The molecule has 0 bridgehead atoms. The summed E-state index contributed by atoms with van der Waals surface area (Å²) in [5.41, 5.74) is 4.14. The summed E-state index contributed by atoms with van der Waals surface area (Å²) in [5.74, 6) is 1.63. The quantitative estimate of drug-likeness (QED) is 0.934. The van der Waals surface area contributed by atoms with Crippen LogP contribution in [0, 0.1) is 5.92 Å². The van der Waals surface area contributed by atoms with Crippen molar-refractivity contribution in [3.05, 3.63) is 53.1 Å².